The van der Waals surface area contributed by atoms with E-state index in [2.05, 4.69) is 52.0 Å². The maximum absolute atomic E-state index is 14.0. The second kappa shape index (κ2) is 25.4. The number of ether oxygens (including phenoxy) is 1. The van der Waals surface area contributed by atoms with Crippen LogP contribution in [0.2, 0.25) is 0 Å². The fraction of sp³-hybridized carbons (Fsp3) is 0.449. The number of hydrogen-bond acceptors (Lipinski definition) is 6. The lowest BCUT2D eigenvalue weighted by Crippen LogP contribution is -2.20. The van der Waals surface area contributed by atoms with Crippen molar-refractivity contribution in [1.29, 1.82) is 0 Å². The number of sulfone groups is 2. The third kappa shape index (κ3) is 19.3. The van der Waals surface area contributed by atoms with Crippen LogP contribution < -0.4 is 0 Å². The van der Waals surface area contributed by atoms with E-state index in [1.54, 1.807) is 60.7 Å². The van der Waals surface area contributed by atoms with Gasteiger partial charge in [0, 0.05) is 6.92 Å². The largest absolute Gasteiger partial charge is 0.462 e. The fourth-order valence-corrected chi connectivity index (χ4v) is 9.98. The van der Waals surface area contributed by atoms with Crippen LogP contribution in [0.15, 0.2) is 152 Å². The van der Waals surface area contributed by atoms with Crippen LogP contribution in [0, 0.1) is 0 Å². The summed E-state index contributed by atoms with van der Waals surface area (Å²) < 4.78 is 60.5. The van der Waals surface area contributed by atoms with Crippen molar-refractivity contribution >= 4 is 25.6 Å². The van der Waals surface area contributed by atoms with Gasteiger partial charge in [0.2, 0.25) is 0 Å². The van der Waals surface area contributed by atoms with E-state index in [1.165, 1.54) is 23.6 Å². The van der Waals surface area contributed by atoms with E-state index >= 15 is 0 Å². The van der Waals surface area contributed by atoms with Gasteiger partial charge in [-0.05, 0) is 150 Å². The van der Waals surface area contributed by atoms with Crippen molar-refractivity contribution < 1.29 is 26.4 Å². The number of benzene rings is 2. The molecule has 0 amide bonds. The average molecular weight is 817 g/mol. The zero-order valence-corrected chi connectivity index (χ0v) is 37.6. The average Bonchev–Trinajstić information content (AvgIpc) is 3.14. The second-order valence-electron chi connectivity index (χ2n) is 15.7. The molecule has 312 valence electrons. The van der Waals surface area contributed by atoms with Crippen molar-refractivity contribution in [2.75, 3.05) is 6.61 Å². The standard InChI is InChI=1S/C49H68O6S2/c1-38(2)20-16-21-39(3)22-17-23-40(4)24-18-25-41(5)34-48(56(51,52)46-28-12-10-13-29-46)35-42(6)26-19-27-43(7)36-49(37-44(8)32-33-55-45(9)50)57(53,54)47-30-14-11-15-31-47/h10-15,20,22,24,26,28-32,34,36,48-49H,16-19,21,23,25,27,33,35,37H2,1-9H3/b39-22+,40-24+,41-34+,42-26+,43-36+,44-32+. The predicted molar refractivity (Wildman–Crippen MR) is 240 cm³/mol. The van der Waals surface area contributed by atoms with Crippen molar-refractivity contribution in [3.8, 4) is 0 Å². The summed E-state index contributed by atoms with van der Waals surface area (Å²) in [6, 6.07) is 17.1. The monoisotopic (exact) mass is 816 g/mol. The fourth-order valence-electron chi connectivity index (χ4n) is 6.42. The third-order valence-corrected chi connectivity index (χ3v) is 13.9. The highest BCUT2D eigenvalue weighted by molar-refractivity contribution is 7.92. The van der Waals surface area contributed by atoms with Gasteiger partial charge >= 0.3 is 5.97 Å². The SMILES string of the molecule is CC(=O)OC/C=C(\C)CC(/C=C(\C)CC/C=C(\C)CC(/C=C(\C)CC/C=C(\C)CC/C=C(\C)CCC=C(C)C)S(=O)(=O)c1ccccc1)S(=O)(=O)c1ccccc1. The summed E-state index contributed by atoms with van der Waals surface area (Å²) in [6.07, 6.45) is 22.2. The molecule has 2 aromatic rings. The third-order valence-electron chi connectivity index (χ3n) is 9.83. The molecule has 57 heavy (non-hydrogen) atoms. The molecule has 8 heteroatoms. The molecule has 0 radical (unpaired) electrons. The van der Waals surface area contributed by atoms with Gasteiger partial charge in [-0.15, -0.1) is 0 Å². The molecule has 0 saturated carbocycles. The van der Waals surface area contributed by atoms with Gasteiger partial charge in [0.05, 0.1) is 20.3 Å². The lowest BCUT2D eigenvalue weighted by Gasteiger charge is -2.17. The van der Waals surface area contributed by atoms with Gasteiger partial charge in [-0.25, -0.2) is 16.8 Å². The summed E-state index contributed by atoms with van der Waals surface area (Å²) in [5, 5.41) is -1.51. The van der Waals surface area contributed by atoms with Crippen molar-refractivity contribution in [3.05, 3.63) is 142 Å². The zero-order valence-electron chi connectivity index (χ0n) is 36.0. The zero-order chi connectivity index (χ0) is 42.4. The Kier molecular flexibility index (Phi) is 21.9. The molecule has 2 atom stereocenters. The van der Waals surface area contributed by atoms with E-state index in [9.17, 15) is 21.6 Å². The Morgan fingerprint density at radius 2 is 0.842 bits per heavy atom. The highest BCUT2D eigenvalue weighted by Gasteiger charge is 2.27. The number of rotatable bonds is 24. The molecule has 0 fully saturated rings. The van der Waals surface area contributed by atoms with E-state index in [1.807, 2.05) is 45.9 Å². The van der Waals surface area contributed by atoms with Crippen LogP contribution in [0.5, 0.6) is 0 Å². The molecule has 0 aliphatic heterocycles. The molecule has 0 saturated heterocycles. The summed E-state index contributed by atoms with van der Waals surface area (Å²) in [5.41, 5.74) is 7.89. The molecule has 6 nitrogen and oxygen atoms in total. The molecule has 0 aromatic heterocycles. The Morgan fingerprint density at radius 3 is 1.23 bits per heavy atom. The normalized spacial score (nSPS) is 15.0. The number of carbonyl (C=O) groups is 1. The van der Waals surface area contributed by atoms with Gasteiger partial charge in [-0.3, -0.25) is 4.79 Å². The quantitative estimate of drug-likeness (QED) is 0.0773. The summed E-state index contributed by atoms with van der Waals surface area (Å²) in [4.78, 5) is 11.8. The molecule has 2 aromatic carbocycles. The van der Waals surface area contributed by atoms with Crippen molar-refractivity contribution in [1.82, 2.24) is 0 Å². The molecule has 0 bridgehead atoms. The maximum atomic E-state index is 14.0. The number of carbonyl (C=O) groups excluding carboxylic acids is 1. The Morgan fingerprint density at radius 1 is 0.491 bits per heavy atom. The molecule has 0 aliphatic rings. The minimum absolute atomic E-state index is 0.0912. The van der Waals surface area contributed by atoms with Crippen LogP contribution in [0.25, 0.3) is 0 Å². The molecular formula is C49H68O6S2. The lowest BCUT2D eigenvalue weighted by molar-refractivity contribution is -0.139. The van der Waals surface area contributed by atoms with Gasteiger partial charge in [0.1, 0.15) is 6.61 Å². The van der Waals surface area contributed by atoms with Crippen LogP contribution in [0.1, 0.15) is 127 Å². The van der Waals surface area contributed by atoms with Crippen LogP contribution in [-0.2, 0) is 29.2 Å². The van der Waals surface area contributed by atoms with Crippen LogP contribution in [0.4, 0.5) is 0 Å². The Labute approximate surface area is 346 Å². The highest BCUT2D eigenvalue weighted by Crippen LogP contribution is 2.27. The van der Waals surface area contributed by atoms with E-state index < -0.39 is 36.1 Å². The number of esters is 1. The molecular weight excluding hydrogens is 749 g/mol. The first-order chi connectivity index (χ1) is 26.9. The highest BCUT2D eigenvalue weighted by atomic mass is 32.2. The first-order valence-electron chi connectivity index (χ1n) is 20.2. The van der Waals surface area contributed by atoms with E-state index in [4.69, 9.17) is 4.74 Å². The Bertz CT molecular complexity index is 2010. The Hall–Kier alpha value is -4.01. The molecule has 0 N–H and O–H groups in total. The topological polar surface area (TPSA) is 94.6 Å². The molecule has 2 unspecified atom stereocenters. The predicted octanol–water partition coefficient (Wildman–Crippen LogP) is 12.8. The number of allylic oxidation sites excluding steroid dienone is 11. The van der Waals surface area contributed by atoms with Gasteiger partial charge in [-0.2, -0.15) is 0 Å². The van der Waals surface area contributed by atoms with E-state index in [-0.39, 0.29) is 17.9 Å². The number of hydrogen-bond donors (Lipinski definition) is 0. The van der Waals surface area contributed by atoms with Gasteiger partial charge in [0.15, 0.2) is 19.7 Å². The first-order valence-corrected chi connectivity index (χ1v) is 23.3. The smallest absolute Gasteiger partial charge is 0.302 e. The van der Waals surface area contributed by atoms with Crippen LogP contribution >= 0.6 is 0 Å². The maximum Gasteiger partial charge on any atom is 0.302 e. The molecule has 2 rings (SSSR count). The van der Waals surface area contributed by atoms with Gasteiger partial charge < -0.3 is 4.74 Å². The summed E-state index contributed by atoms with van der Waals surface area (Å²) in [7, 11) is -7.33. The summed E-state index contributed by atoms with van der Waals surface area (Å²) in [6.45, 7) is 17.9. The van der Waals surface area contributed by atoms with Crippen LogP contribution in [0.3, 0.4) is 0 Å². The Balaban J connectivity index is 2.20. The van der Waals surface area contributed by atoms with E-state index in [0.717, 1.165) is 60.8 Å². The van der Waals surface area contributed by atoms with Crippen molar-refractivity contribution in [2.24, 2.45) is 0 Å². The summed E-state index contributed by atoms with van der Waals surface area (Å²) >= 11 is 0. The molecule has 0 heterocycles. The van der Waals surface area contributed by atoms with Gasteiger partial charge in [0.25, 0.3) is 0 Å². The van der Waals surface area contributed by atoms with Gasteiger partial charge in [-0.1, -0.05) is 112 Å². The first kappa shape index (κ1) is 49.1. The van der Waals surface area contributed by atoms with E-state index in [0.29, 0.717) is 24.2 Å². The molecule has 0 aliphatic carbocycles. The van der Waals surface area contributed by atoms with Crippen molar-refractivity contribution in [3.63, 3.8) is 0 Å². The lowest BCUT2D eigenvalue weighted by atomic mass is 10.0. The summed E-state index contributed by atoms with van der Waals surface area (Å²) in [5.74, 6) is -0.393. The minimum atomic E-state index is -3.69. The second-order valence-corrected chi connectivity index (χ2v) is 20.0. The van der Waals surface area contributed by atoms with Crippen molar-refractivity contribution in [2.45, 2.75) is 147 Å². The molecule has 0 spiro atoms. The van der Waals surface area contributed by atoms with Crippen LogP contribution in [-0.4, -0.2) is 39.9 Å². The minimum Gasteiger partial charge on any atom is -0.462 e.